The van der Waals surface area contributed by atoms with Gasteiger partial charge in [-0.25, -0.2) is 4.99 Å². The van der Waals surface area contributed by atoms with Crippen LogP contribution < -0.4 is 10.1 Å². The summed E-state index contributed by atoms with van der Waals surface area (Å²) in [5.74, 6) is 0.818. The summed E-state index contributed by atoms with van der Waals surface area (Å²) in [7, 11) is 1.66. The number of nitrogens with one attached hydrogen (secondary N) is 3. The third-order valence-electron chi connectivity index (χ3n) is 5.52. The van der Waals surface area contributed by atoms with Crippen LogP contribution in [0.3, 0.4) is 0 Å². The molecule has 164 valence electrons. The van der Waals surface area contributed by atoms with E-state index in [2.05, 4.69) is 60.5 Å². The van der Waals surface area contributed by atoms with Crippen LogP contribution in [0, 0.1) is 6.92 Å². The molecule has 0 amide bonds. The summed E-state index contributed by atoms with van der Waals surface area (Å²) >= 11 is 0. The molecule has 0 unspecified atom stereocenters. The quantitative estimate of drug-likeness (QED) is 0.380. The van der Waals surface area contributed by atoms with Gasteiger partial charge in [-0.3, -0.25) is 0 Å². The van der Waals surface area contributed by atoms with Crippen molar-refractivity contribution in [3.05, 3.63) is 101 Å². The number of ether oxygens (including phenoxy) is 1. The first kappa shape index (κ1) is 21.2. The lowest BCUT2D eigenvalue weighted by Gasteiger charge is -2.09. The maximum absolute atomic E-state index is 5.27. The van der Waals surface area contributed by atoms with Gasteiger partial charge in [-0.05, 0) is 79.1 Å². The fraction of sp³-hybridized carbons (Fsp3) is 0.148. The van der Waals surface area contributed by atoms with Crippen molar-refractivity contribution in [3.63, 3.8) is 0 Å². The molecule has 4 rings (SSSR count). The van der Waals surface area contributed by atoms with Crippen LogP contribution in [-0.4, -0.2) is 22.8 Å². The number of hydrogen-bond acceptors (Lipinski definition) is 3. The molecular weight excluding hydrogens is 396 g/mol. The van der Waals surface area contributed by atoms with E-state index in [-0.39, 0.29) is 1.43 Å². The lowest BCUT2D eigenvalue weighted by Crippen LogP contribution is -2.00. The number of aromatic nitrogens is 2. The summed E-state index contributed by atoms with van der Waals surface area (Å²) in [5, 5.41) is 3.51. The third kappa shape index (κ3) is 4.23. The van der Waals surface area contributed by atoms with E-state index in [1.54, 1.807) is 13.2 Å². The molecule has 2 aromatic heterocycles. The van der Waals surface area contributed by atoms with Gasteiger partial charge in [-0.2, -0.15) is 0 Å². The van der Waals surface area contributed by atoms with E-state index in [9.17, 15) is 0 Å². The number of nitrogens with zero attached hydrogens (tertiary/aromatic N) is 1. The molecule has 5 heteroatoms. The van der Waals surface area contributed by atoms with Gasteiger partial charge in [0.05, 0.1) is 29.9 Å². The molecule has 0 atom stereocenters. The molecule has 1 aliphatic heterocycles. The second-order valence-electron chi connectivity index (χ2n) is 7.64. The van der Waals surface area contributed by atoms with Gasteiger partial charge in [0.15, 0.2) is 0 Å². The van der Waals surface area contributed by atoms with Crippen LogP contribution in [0.2, 0.25) is 0 Å². The van der Waals surface area contributed by atoms with E-state index in [1.165, 1.54) is 11.3 Å². The number of aryl methyl sites for hydroxylation is 2. The van der Waals surface area contributed by atoms with Crippen LogP contribution >= 0.6 is 0 Å². The van der Waals surface area contributed by atoms with Crippen LogP contribution in [0.25, 0.3) is 18.2 Å². The number of aliphatic imine (C=N–C) groups is 1. The predicted molar refractivity (Wildman–Crippen MR) is 137 cm³/mol. The Morgan fingerprint density at radius 3 is 2.47 bits per heavy atom. The second kappa shape index (κ2) is 9.02. The maximum Gasteiger partial charge on any atom is 0.119 e. The summed E-state index contributed by atoms with van der Waals surface area (Å²) in [6.07, 6.45) is 8.72. The minimum Gasteiger partial charge on any atom is -0.497 e. The molecular formula is C27H30N4O. The number of H-pyrrole nitrogens is 2. The highest BCUT2D eigenvalue weighted by atomic mass is 16.5. The molecule has 5 nitrogen and oxygen atoms in total. The molecule has 0 saturated carbocycles. The topological polar surface area (TPSA) is 65.2 Å². The van der Waals surface area contributed by atoms with E-state index in [1.807, 2.05) is 36.4 Å². The largest absolute Gasteiger partial charge is 0.497 e. The Balaban J connectivity index is 0.00000306. The van der Waals surface area contributed by atoms with E-state index < -0.39 is 0 Å². The van der Waals surface area contributed by atoms with Crippen LogP contribution in [0.4, 0.5) is 5.69 Å². The number of aromatic amines is 2. The number of anilines is 1. The highest BCUT2D eigenvalue weighted by molar-refractivity contribution is 6.12. The minimum atomic E-state index is 0. The zero-order valence-corrected chi connectivity index (χ0v) is 18.8. The smallest absolute Gasteiger partial charge is 0.119 e. The van der Waals surface area contributed by atoms with Gasteiger partial charge < -0.3 is 20.0 Å². The van der Waals surface area contributed by atoms with E-state index in [4.69, 9.17) is 9.73 Å². The number of benzene rings is 1. The fourth-order valence-corrected chi connectivity index (χ4v) is 3.70. The van der Waals surface area contributed by atoms with Crippen LogP contribution in [-0.2, 0) is 6.42 Å². The predicted octanol–water partition coefficient (Wildman–Crippen LogP) is 6.59. The molecule has 0 bridgehead atoms. The SMILES string of the molecule is C=Cc1cc(C2=N/C(=C\c3[nH]c(CC)cc3C)C(Nc3ccc(OC)cc3)=C2)[nH]c1C=C.[HH]. The Morgan fingerprint density at radius 1 is 1.09 bits per heavy atom. The van der Waals surface area contributed by atoms with Crippen molar-refractivity contribution in [1.82, 2.24) is 9.97 Å². The van der Waals surface area contributed by atoms with Gasteiger partial charge in [-0.1, -0.05) is 26.2 Å². The van der Waals surface area contributed by atoms with Crippen molar-refractivity contribution in [3.8, 4) is 5.75 Å². The zero-order chi connectivity index (χ0) is 22.7. The van der Waals surface area contributed by atoms with E-state index in [0.717, 1.165) is 57.6 Å². The monoisotopic (exact) mass is 426 g/mol. The van der Waals surface area contributed by atoms with Crippen molar-refractivity contribution in [1.29, 1.82) is 0 Å². The number of methoxy groups -OCH3 is 1. The lowest BCUT2D eigenvalue weighted by molar-refractivity contribution is 0.415. The highest BCUT2D eigenvalue weighted by Gasteiger charge is 2.19. The standard InChI is InChI=1S/C27H28N4O.H2/c1-6-18-14-24(30-22(18)8-3)27-16-25(29-20-9-11-21(32-5)12-10-20)26(31-27)15-23-17(4)13-19(7-2)28-23;/h6,8-16,28-30H,1,3,7H2,2,4-5H3;1H/b26-15-;. The Bertz CT molecular complexity index is 1230. The second-order valence-corrected chi connectivity index (χ2v) is 7.64. The van der Waals surface area contributed by atoms with Crippen molar-refractivity contribution < 1.29 is 6.16 Å². The summed E-state index contributed by atoms with van der Waals surface area (Å²) in [6, 6.07) is 12.1. The maximum atomic E-state index is 5.27. The van der Waals surface area contributed by atoms with Crippen molar-refractivity contribution in [2.24, 2.45) is 4.99 Å². The summed E-state index contributed by atoms with van der Waals surface area (Å²) in [4.78, 5) is 11.8. The number of hydrogen-bond donors (Lipinski definition) is 3. The van der Waals surface area contributed by atoms with Gasteiger partial charge >= 0.3 is 0 Å². The molecule has 1 aliphatic rings. The lowest BCUT2D eigenvalue weighted by atomic mass is 10.2. The van der Waals surface area contributed by atoms with Crippen molar-refractivity contribution >= 4 is 29.6 Å². The highest BCUT2D eigenvalue weighted by Crippen LogP contribution is 2.28. The van der Waals surface area contributed by atoms with Gasteiger partial charge in [0, 0.05) is 24.2 Å². The first-order valence-electron chi connectivity index (χ1n) is 10.6. The summed E-state index contributed by atoms with van der Waals surface area (Å²) in [5.41, 5.74) is 9.92. The first-order valence-corrected chi connectivity index (χ1v) is 10.6. The number of allylic oxidation sites excluding steroid dienone is 1. The average Bonchev–Trinajstić information content (AvgIpc) is 3.51. The Morgan fingerprint density at radius 2 is 1.88 bits per heavy atom. The molecule has 0 fully saturated rings. The first-order chi connectivity index (χ1) is 15.5. The number of rotatable bonds is 8. The van der Waals surface area contributed by atoms with Gasteiger partial charge in [-0.15, -0.1) is 0 Å². The molecule has 3 aromatic rings. The molecule has 0 saturated heterocycles. The van der Waals surface area contributed by atoms with Gasteiger partial charge in [0.2, 0.25) is 0 Å². The van der Waals surface area contributed by atoms with E-state index >= 15 is 0 Å². The molecule has 0 spiro atoms. The van der Waals surface area contributed by atoms with Crippen LogP contribution in [0.1, 0.15) is 42.3 Å². The fourth-order valence-electron chi connectivity index (χ4n) is 3.70. The molecule has 0 aliphatic carbocycles. The normalized spacial score (nSPS) is 14.3. The molecule has 0 radical (unpaired) electrons. The molecule has 3 heterocycles. The minimum absolute atomic E-state index is 0. The molecule has 32 heavy (non-hydrogen) atoms. The van der Waals surface area contributed by atoms with Gasteiger partial charge in [0.25, 0.3) is 0 Å². The average molecular weight is 427 g/mol. The van der Waals surface area contributed by atoms with Crippen LogP contribution in [0.15, 0.2) is 72.0 Å². The van der Waals surface area contributed by atoms with Crippen LogP contribution in [0.5, 0.6) is 5.75 Å². The Hall–Kier alpha value is -3.99. The molecule has 3 N–H and O–H groups in total. The Labute approximate surface area is 190 Å². The van der Waals surface area contributed by atoms with Gasteiger partial charge in [0.1, 0.15) is 5.75 Å². The van der Waals surface area contributed by atoms with Crippen molar-refractivity contribution in [2.75, 3.05) is 12.4 Å². The van der Waals surface area contributed by atoms with E-state index in [0.29, 0.717) is 0 Å². The summed E-state index contributed by atoms with van der Waals surface area (Å²) < 4.78 is 5.27. The third-order valence-corrected chi connectivity index (χ3v) is 5.52. The summed E-state index contributed by atoms with van der Waals surface area (Å²) in [6.45, 7) is 12.0. The van der Waals surface area contributed by atoms with Crippen molar-refractivity contribution in [2.45, 2.75) is 20.3 Å². The molecule has 1 aromatic carbocycles. The zero-order valence-electron chi connectivity index (χ0n) is 18.8. The Kier molecular flexibility index (Phi) is 5.99.